The van der Waals surface area contributed by atoms with E-state index in [1.807, 2.05) is 36.0 Å². The smallest absolute Gasteiger partial charge is 0.266 e. The Hall–Kier alpha value is -1.33. The van der Waals surface area contributed by atoms with Gasteiger partial charge in [-0.25, -0.2) is 0 Å². The van der Waals surface area contributed by atoms with E-state index in [9.17, 15) is 4.79 Å². The molecule has 1 aromatic rings. The lowest BCUT2D eigenvalue weighted by Crippen LogP contribution is -2.27. The number of aryl methyl sites for hydroxylation is 1. The van der Waals surface area contributed by atoms with Crippen LogP contribution in [0.25, 0.3) is 6.08 Å². The maximum absolute atomic E-state index is 12.0. The molecule has 88 valence electrons. The van der Waals surface area contributed by atoms with Crippen LogP contribution in [0, 0.1) is 0 Å². The van der Waals surface area contributed by atoms with E-state index in [-0.39, 0.29) is 5.91 Å². The second kappa shape index (κ2) is 4.89. The van der Waals surface area contributed by atoms with Crippen molar-refractivity contribution in [3.8, 4) is 0 Å². The highest BCUT2D eigenvalue weighted by atomic mass is 32.2. The summed E-state index contributed by atoms with van der Waals surface area (Å²) >= 11 is 6.50. The summed E-state index contributed by atoms with van der Waals surface area (Å²) in [5, 5.41) is 0. The quantitative estimate of drug-likeness (QED) is 0.476. The molecule has 2 heterocycles. The molecule has 3 nitrogen and oxygen atoms in total. The Balaban J connectivity index is 2.28. The lowest BCUT2D eigenvalue weighted by molar-refractivity contribution is -0.121. The first-order valence-corrected chi connectivity index (χ1v) is 6.33. The first-order valence-electron chi connectivity index (χ1n) is 5.11. The molecule has 0 N–H and O–H groups in total. The van der Waals surface area contributed by atoms with E-state index in [1.165, 1.54) is 11.8 Å². The van der Waals surface area contributed by atoms with Crippen molar-refractivity contribution in [2.45, 2.75) is 0 Å². The van der Waals surface area contributed by atoms with Crippen LogP contribution in [0.1, 0.15) is 5.69 Å². The van der Waals surface area contributed by atoms with Gasteiger partial charge in [0.1, 0.15) is 4.32 Å². The number of carbonyl (C=O) groups excluding carboxylic acids is 1. The zero-order chi connectivity index (χ0) is 12.4. The molecule has 0 aliphatic carbocycles. The van der Waals surface area contributed by atoms with Crippen molar-refractivity contribution >= 4 is 40.3 Å². The van der Waals surface area contributed by atoms with Crippen LogP contribution in [-0.4, -0.2) is 26.2 Å². The fourth-order valence-electron chi connectivity index (χ4n) is 1.55. The van der Waals surface area contributed by atoms with Crippen molar-refractivity contribution in [2.24, 2.45) is 7.05 Å². The van der Waals surface area contributed by atoms with Crippen LogP contribution in [0.5, 0.6) is 0 Å². The van der Waals surface area contributed by atoms with E-state index in [4.69, 9.17) is 12.2 Å². The molecular formula is C12H12N2OS2. The third-order valence-corrected chi connectivity index (χ3v) is 3.83. The summed E-state index contributed by atoms with van der Waals surface area (Å²) in [4.78, 5) is 14.3. The van der Waals surface area contributed by atoms with Crippen LogP contribution in [-0.2, 0) is 11.8 Å². The van der Waals surface area contributed by atoms with Crippen molar-refractivity contribution in [2.75, 3.05) is 6.54 Å². The number of carbonyl (C=O) groups is 1. The lowest BCUT2D eigenvalue weighted by atomic mass is 10.3. The Morgan fingerprint density at radius 1 is 1.59 bits per heavy atom. The van der Waals surface area contributed by atoms with E-state index in [0.717, 1.165) is 5.69 Å². The molecule has 17 heavy (non-hydrogen) atoms. The Labute approximate surface area is 110 Å². The van der Waals surface area contributed by atoms with Gasteiger partial charge < -0.3 is 4.57 Å². The Morgan fingerprint density at radius 2 is 2.35 bits per heavy atom. The van der Waals surface area contributed by atoms with Gasteiger partial charge in [0, 0.05) is 25.5 Å². The largest absolute Gasteiger partial charge is 0.351 e. The average molecular weight is 264 g/mol. The Kier molecular flexibility index (Phi) is 3.49. The number of hydrogen-bond donors (Lipinski definition) is 0. The fourth-order valence-corrected chi connectivity index (χ4v) is 2.80. The second-order valence-electron chi connectivity index (χ2n) is 3.62. The van der Waals surface area contributed by atoms with Crippen molar-refractivity contribution in [1.29, 1.82) is 0 Å². The van der Waals surface area contributed by atoms with Crippen molar-refractivity contribution in [1.82, 2.24) is 9.47 Å². The van der Waals surface area contributed by atoms with E-state index >= 15 is 0 Å². The van der Waals surface area contributed by atoms with Gasteiger partial charge in [-0.3, -0.25) is 9.69 Å². The molecule has 5 heteroatoms. The van der Waals surface area contributed by atoms with Gasteiger partial charge in [-0.05, 0) is 18.2 Å². The van der Waals surface area contributed by atoms with Crippen molar-refractivity contribution in [3.63, 3.8) is 0 Å². The normalized spacial score (nSPS) is 18.2. The molecule has 1 aliphatic rings. The predicted molar refractivity (Wildman–Crippen MR) is 75.5 cm³/mol. The number of rotatable bonds is 3. The number of hydrogen-bond acceptors (Lipinski definition) is 3. The topological polar surface area (TPSA) is 25.2 Å². The summed E-state index contributed by atoms with van der Waals surface area (Å²) in [7, 11) is 1.94. The number of thiocarbonyl (C=S) groups is 1. The van der Waals surface area contributed by atoms with Crippen LogP contribution in [0.4, 0.5) is 0 Å². The molecule has 1 aromatic heterocycles. The number of aromatic nitrogens is 1. The summed E-state index contributed by atoms with van der Waals surface area (Å²) in [6, 6.07) is 3.90. The third-order valence-electron chi connectivity index (χ3n) is 2.45. The van der Waals surface area contributed by atoms with E-state index in [1.54, 1.807) is 11.0 Å². The van der Waals surface area contributed by atoms with Gasteiger partial charge in [0.25, 0.3) is 5.91 Å². The summed E-state index contributed by atoms with van der Waals surface area (Å²) in [5.74, 6) is -0.0406. The first-order chi connectivity index (χ1) is 8.13. The van der Waals surface area contributed by atoms with Gasteiger partial charge in [0.05, 0.1) is 4.91 Å². The molecule has 1 saturated heterocycles. The SMILES string of the molecule is C=CCN1C(=O)C(=Cc2cccn2C)SC1=S. The van der Waals surface area contributed by atoms with Gasteiger partial charge >= 0.3 is 0 Å². The van der Waals surface area contributed by atoms with Crippen LogP contribution >= 0.6 is 24.0 Å². The summed E-state index contributed by atoms with van der Waals surface area (Å²) in [6.07, 6.45) is 5.48. The maximum Gasteiger partial charge on any atom is 0.266 e. The minimum atomic E-state index is -0.0406. The molecule has 0 unspecified atom stereocenters. The standard InChI is InChI=1S/C12H12N2OS2/c1-3-6-14-11(15)10(17-12(14)16)8-9-5-4-7-13(9)2/h3-5,7-8H,1,6H2,2H3. The minimum Gasteiger partial charge on any atom is -0.351 e. The fraction of sp³-hybridized carbons (Fsp3) is 0.167. The van der Waals surface area contributed by atoms with Gasteiger partial charge in [0.15, 0.2) is 0 Å². The van der Waals surface area contributed by atoms with Crippen molar-refractivity contribution in [3.05, 3.63) is 41.6 Å². The molecule has 1 amide bonds. The molecular weight excluding hydrogens is 252 g/mol. The molecule has 1 aliphatic heterocycles. The molecule has 0 spiro atoms. The molecule has 1 fully saturated rings. The highest BCUT2D eigenvalue weighted by molar-refractivity contribution is 8.26. The highest BCUT2D eigenvalue weighted by Crippen LogP contribution is 2.32. The number of amides is 1. The minimum absolute atomic E-state index is 0.0406. The van der Waals surface area contributed by atoms with E-state index in [2.05, 4.69) is 6.58 Å². The number of thioether (sulfide) groups is 1. The Morgan fingerprint density at radius 3 is 2.94 bits per heavy atom. The second-order valence-corrected chi connectivity index (χ2v) is 5.30. The molecule has 0 saturated carbocycles. The molecule has 0 bridgehead atoms. The van der Waals surface area contributed by atoms with Gasteiger partial charge in [-0.1, -0.05) is 30.1 Å². The first kappa shape index (κ1) is 12.1. The molecule has 2 rings (SSSR count). The maximum atomic E-state index is 12.0. The molecule has 0 radical (unpaired) electrons. The monoisotopic (exact) mass is 264 g/mol. The summed E-state index contributed by atoms with van der Waals surface area (Å²) < 4.78 is 2.55. The predicted octanol–water partition coefficient (Wildman–Crippen LogP) is 2.41. The van der Waals surface area contributed by atoms with E-state index < -0.39 is 0 Å². The van der Waals surface area contributed by atoms with E-state index in [0.29, 0.717) is 15.8 Å². The zero-order valence-electron chi connectivity index (χ0n) is 9.42. The highest BCUT2D eigenvalue weighted by Gasteiger charge is 2.31. The Bertz CT molecular complexity index is 516. The third kappa shape index (κ3) is 2.35. The van der Waals surface area contributed by atoms with Crippen molar-refractivity contribution < 1.29 is 4.79 Å². The van der Waals surface area contributed by atoms with Gasteiger partial charge in [0.2, 0.25) is 0 Å². The van der Waals surface area contributed by atoms with Gasteiger partial charge in [-0.15, -0.1) is 6.58 Å². The van der Waals surface area contributed by atoms with Crippen LogP contribution in [0.15, 0.2) is 35.9 Å². The number of nitrogens with zero attached hydrogens (tertiary/aromatic N) is 2. The van der Waals surface area contributed by atoms with Crippen LogP contribution in [0.2, 0.25) is 0 Å². The summed E-state index contributed by atoms with van der Waals surface area (Å²) in [5.41, 5.74) is 0.990. The molecule has 0 aromatic carbocycles. The lowest BCUT2D eigenvalue weighted by Gasteiger charge is -2.10. The zero-order valence-corrected chi connectivity index (χ0v) is 11.1. The van der Waals surface area contributed by atoms with Crippen LogP contribution in [0.3, 0.4) is 0 Å². The van der Waals surface area contributed by atoms with Crippen LogP contribution < -0.4 is 0 Å². The summed E-state index contributed by atoms with van der Waals surface area (Å²) in [6.45, 7) is 4.09. The average Bonchev–Trinajstić information content (AvgIpc) is 2.79. The van der Waals surface area contributed by atoms with Gasteiger partial charge in [-0.2, -0.15) is 0 Å². The molecule has 0 atom stereocenters.